The van der Waals surface area contributed by atoms with Gasteiger partial charge in [-0.1, -0.05) is 0 Å². The van der Waals surface area contributed by atoms with Crippen LogP contribution in [0.1, 0.15) is 51.2 Å². The van der Waals surface area contributed by atoms with E-state index in [1.54, 1.807) is 12.3 Å². The summed E-state index contributed by atoms with van der Waals surface area (Å²) in [6, 6.07) is 7.70. The molecule has 0 radical (unpaired) electrons. The minimum atomic E-state index is -0.136. The summed E-state index contributed by atoms with van der Waals surface area (Å²) >= 11 is 0. The van der Waals surface area contributed by atoms with Gasteiger partial charge >= 0.3 is 0 Å². The number of carbonyl (C=O) groups is 2. The maximum atomic E-state index is 13.0. The van der Waals surface area contributed by atoms with E-state index in [-0.39, 0.29) is 11.6 Å². The molecule has 1 N–H and O–H groups in total. The lowest BCUT2D eigenvalue weighted by molar-refractivity contribution is 0.0977. The average Bonchev–Trinajstić information content (AvgIpc) is 3.06. The van der Waals surface area contributed by atoms with Crippen LogP contribution in [0.5, 0.6) is 0 Å². The van der Waals surface area contributed by atoms with Gasteiger partial charge in [-0.3, -0.25) is 14.6 Å². The number of carbonyl (C=O) groups excluding carboxylic acids is 2. The van der Waals surface area contributed by atoms with Gasteiger partial charge in [0.2, 0.25) is 5.78 Å². The number of H-pyrrole nitrogens is 1. The Morgan fingerprint density at radius 3 is 2.64 bits per heavy atom. The van der Waals surface area contributed by atoms with Gasteiger partial charge in [-0.05, 0) is 43.5 Å². The van der Waals surface area contributed by atoms with Crippen molar-refractivity contribution in [3.8, 4) is 0 Å². The predicted octanol–water partition coefficient (Wildman–Crippen LogP) is 3.33. The van der Waals surface area contributed by atoms with Crippen LogP contribution >= 0.6 is 0 Å². The molecule has 1 aliphatic carbocycles. The van der Waals surface area contributed by atoms with Gasteiger partial charge in [-0.25, -0.2) is 0 Å². The number of hydrogen-bond donors (Lipinski definition) is 1. The number of aromatic amines is 1. The third kappa shape index (κ3) is 2.05. The van der Waals surface area contributed by atoms with E-state index >= 15 is 0 Å². The van der Waals surface area contributed by atoms with Crippen molar-refractivity contribution in [1.29, 1.82) is 0 Å². The van der Waals surface area contributed by atoms with Gasteiger partial charge in [0.05, 0.1) is 16.8 Å². The van der Waals surface area contributed by atoms with Crippen LogP contribution in [-0.4, -0.2) is 34.6 Å². The third-order valence-corrected chi connectivity index (χ3v) is 5.27. The van der Waals surface area contributed by atoms with Crippen LogP contribution in [0.25, 0.3) is 10.9 Å². The second-order valence-electron chi connectivity index (χ2n) is 6.73. The highest BCUT2D eigenvalue weighted by Gasteiger charge is 2.33. The minimum Gasteiger partial charge on any atom is -0.372 e. The molecule has 0 spiro atoms. The monoisotopic (exact) mass is 331 g/mol. The second-order valence-corrected chi connectivity index (χ2v) is 6.73. The summed E-state index contributed by atoms with van der Waals surface area (Å²) in [5.74, 6) is -0.262. The molecule has 2 aromatic heterocycles. The van der Waals surface area contributed by atoms with Gasteiger partial charge in [-0.15, -0.1) is 0 Å². The molecule has 25 heavy (non-hydrogen) atoms. The van der Waals surface area contributed by atoms with Crippen molar-refractivity contribution in [2.75, 3.05) is 18.0 Å². The maximum Gasteiger partial charge on any atom is 0.210 e. The molecule has 1 aliphatic heterocycles. The molecular weight excluding hydrogens is 314 g/mol. The van der Waals surface area contributed by atoms with E-state index in [0.29, 0.717) is 22.4 Å². The van der Waals surface area contributed by atoms with Crippen molar-refractivity contribution in [3.05, 3.63) is 59.0 Å². The highest BCUT2D eigenvalue weighted by Crippen LogP contribution is 2.34. The molecule has 1 aromatic carbocycles. The summed E-state index contributed by atoms with van der Waals surface area (Å²) in [5.41, 5.74) is 3.65. The number of nitrogens with one attached hydrogen (secondary N) is 1. The molecule has 0 atom stereocenters. The summed E-state index contributed by atoms with van der Waals surface area (Å²) in [4.78, 5) is 35.3. The fourth-order valence-corrected chi connectivity index (χ4v) is 3.98. The molecule has 0 saturated carbocycles. The number of fused-ring (bicyclic) bond motifs is 4. The number of pyridine rings is 1. The molecule has 0 unspecified atom stereocenters. The summed E-state index contributed by atoms with van der Waals surface area (Å²) in [7, 11) is 0. The van der Waals surface area contributed by atoms with Crippen molar-refractivity contribution >= 4 is 28.2 Å². The molecule has 1 saturated heterocycles. The Balaban J connectivity index is 1.69. The Kier molecular flexibility index (Phi) is 3.04. The molecule has 2 aliphatic rings. The Morgan fingerprint density at radius 1 is 0.960 bits per heavy atom. The van der Waals surface area contributed by atoms with Gasteiger partial charge in [-0.2, -0.15) is 0 Å². The van der Waals surface area contributed by atoms with E-state index in [1.165, 1.54) is 25.5 Å². The van der Waals surface area contributed by atoms with Crippen molar-refractivity contribution in [1.82, 2.24) is 9.97 Å². The third-order valence-electron chi connectivity index (χ3n) is 5.27. The fourth-order valence-electron chi connectivity index (χ4n) is 3.98. The lowest BCUT2D eigenvalue weighted by Gasteiger charge is -2.28. The van der Waals surface area contributed by atoms with Crippen molar-refractivity contribution < 1.29 is 9.59 Å². The molecule has 5 rings (SSSR count). The van der Waals surface area contributed by atoms with E-state index in [1.807, 2.05) is 12.1 Å². The van der Waals surface area contributed by atoms with Crippen LogP contribution in [0.15, 0.2) is 36.7 Å². The molecule has 5 nitrogen and oxygen atoms in total. The first kappa shape index (κ1) is 14.4. The first-order valence-corrected chi connectivity index (χ1v) is 8.68. The minimum absolute atomic E-state index is 0.125. The molecule has 0 amide bonds. The van der Waals surface area contributed by atoms with E-state index < -0.39 is 0 Å². The zero-order chi connectivity index (χ0) is 17.0. The number of hydrogen-bond acceptors (Lipinski definition) is 4. The number of benzene rings is 1. The van der Waals surface area contributed by atoms with Gasteiger partial charge < -0.3 is 9.88 Å². The Hall–Kier alpha value is -2.95. The number of anilines is 1. The normalized spacial score (nSPS) is 16.9. The lowest BCUT2D eigenvalue weighted by Crippen LogP contribution is -2.29. The van der Waals surface area contributed by atoms with E-state index in [0.717, 1.165) is 29.7 Å². The SMILES string of the molecule is O=C1c2ccncc2C(=O)c2c1[nH]c1ccc(N3CCCCC3)cc21. The number of ketones is 2. The van der Waals surface area contributed by atoms with Crippen LogP contribution in [0.4, 0.5) is 5.69 Å². The molecule has 0 bridgehead atoms. The first-order valence-electron chi connectivity index (χ1n) is 8.68. The van der Waals surface area contributed by atoms with Crippen molar-refractivity contribution in [2.45, 2.75) is 19.3 Å². The highest BCUT2D eigenvalue weighted by atomic mass is 16.1. The lowest BCUT2D eigenvalue weighted by atomic mass is 9.88. The average molecular weight is 331 g/mol. The number of aromatic nitrogens is 2. The standard InChI is InChI=1S/C20H17N3O2/c24-19-15-11-21-7-6-13(15)20(25)18-17(19)14-10-12(4-5-16(14)22-18)23-8-2-1-3-9-23/h4-7,10-11,22H,1-3,8-9H2. The largest absolute Gasteiger partial charge is 0.372 e. The number of rotatable bonds is 1. The molecule has 5 heteroatoms. The molecular formula is C20H17N3O2. The highest BCUT2D eigenvalue weighted by molar-refractivity contribution is 6.32. The van der Waals surface area contributed by atoms with Gasteiger partial charge in [0.15, 0.2) is 5.78 Å². The summed E-state index contributed by atoms with van der Waals surface area (Å²) < 4.78 is 0. The predicted molar refractivity (Wildman–Crippen MR) is 95.5 cm³/mol. The number of piperidine rings is 1. The Bertz CT molecular complexity index is 1030. The topological polar surface area (TPSA) is 66.1 Å². The van der Waals surface area contributed by atoms with Crippen LogP contribution in [-0.2, 0) is 0 Å². The first-order chi connectivity index (χ1) is 12.2. The van der Waals surface area contributed by atoms with Crippen LogP contribution in [0, 0.1) is 0 Å². The summed E-state index contributed by atoms with van der Waals surface area (Å²) in [5, 5.41) is 0.825. The van der Waals surface area contributed by atoms with Crippen molar-refractivity contribution in [3.63, 3.8) is 0 Å². The molecule has 124 valence electrons. The smallest absolute Gasteiger partial charge is 0.210 e. The zero-order valence-corrected chi connectivity index (χ0v) is 13.7. The van der Waals surface area contributed by atoms with E-state index in [2.05, 4.69) is 20.9 Å². The zero-order valence-electron chi connectivity index (χ0n) is 13.7. The van der Waals surface area contributed by atoms with Gasteiger partial charge in [0.1, 0.15) is 0 Å². The van der Waals surface area contributed by atoms with E-state index in [4.69, 9.17) is 0 Å². The van der Waals surface area contributed by atoms with Gasteiger partial charge in [0.25, 0.3) is 0 Å². The van der Waals surface area contributed by atoms with Crippen LogP contribution in [0.2, 0.25) is 0 Å². The van der Waals surface area contributed by atoms with Gasteiger partial charge in [0, 0.05) is 47.6 Å². The molecule has 1 fully saturated rings. The Labute approximate surface area is 144 Å². The van der Waals surface area contributed by atoms with Crippen LogP contribution in [0.3, 0.4) is 0 Å². The second kappa shape index (κ2) is 5.28. The molecule has 3 heterocycles. The Morgan fingerprint density at radius 2 is 1.80 bits per heavy atom. The fraction of sp³-hybridized carbons (Fsp3) is 0.250. The van der Waals surface area contributed by atoms with E-state index in [9.17, 15) is 9.59 Å². The molecule has 3 aromatic rings. The number of nitrogens with zero attached hydrogens (tertiary/aromatic N) is 2. The van der Waals surface area contributed by atoms with Crippen LogP contribution < -0.4 is 4.90 Å². The summed E-state index contributed by atoms with van der Waals surface area (Å²) in [6.45, 7) is 2.08. The maximum absolute atomic E-state index is 13.0. The van der Waals surface area contributed by atoms with Crippen molar-refractivity contribution in [2.24, 2.45) is 0 Å². The summed E-state index contributed by atoms with van der Waals surface area (Å²) in [6.07, 6.45) is 6.70. The quantitative estimate of drug-likeness (QED) is 0.581.